The fourth-order valence-electron chi connectivity index (χ4n) is 4.11. The molecule has 12 heteroatoms. The van der Waals surface area contributed by atoms with Crippen LogP contribution in [-0.4, -0.2) is 63.6 Å². The summed E-state index contributed by atoms with van der Waals surface area (Å²) in [5, 5.41) is 4.42. The number of hydrogen-bond acceptors (Lipinski definition) is 9. The zero-order chi connectivity index (χ0) is 19.7. The number of halogens is 2. The van der Waals surface area contributed by atoms with Crippen molar-refractivity contribution < 1.29 is 45.9 Å². The Bertz CT molecular complexity index is 735. The van der Waals surface area contributed by atoms with E-state index in [0.29, 0.717) is 0 Å². The highest BCUT2D eigenvalue weighted by Crippen LogP contribution is 2.62. The average molecular weight is 415 g/mol. The molecule has 3 aliphatic heterocycles. The van der Waals surface area contributed by atoms with Gasteiger partial charge in [0.05, 0.1) is 22.0 Å². The topological polar surface area (TPSA) is 130 Å². The Hall–Kier alpha value is -0.980. The van der Waals surface area contributed by atoms with Crippen molar-refractivity contribution in [2.45, 2.75) is 60.3 Å². The highest BCUT2D eigenvalue weighted by Gasteiger charge is 2.72. The molecule has 3 saturated heterocycles. The van der Waals surface area contributed by atoms with Crippen LogP contribution in [0.1, 0.15) is 26.7 Å². The molecule has 26 heavy (non-hydrogen) atoms. The smallest absolute Gasteiger partial charge is 0.428 e. The van der Waals surface area contributed by atoms with Gasteiger partial charge in [0.2, 0.25) is 0 Å². The van der Waals surface area contributed by atoms with Gasteiger partial charge in [-0.05, 0) is 12.8 Å². The minimum atomic E-state index is -6.25. The standard InChI is InChI=1S/C14H18F2O8S2/c1-3-13(19,4-2)6-5-9-7(23-11(5)17)8(10(6)25-9)24-12(18)14(15,16)26(20,21)22/h5-10,19H,3-4H2,1-2H3,(H,20,21,22)/p-1. The molecule has 1 N–H and O–H groups in total. The number of hydrogen-bond donors (Lipinski definition) is 1. The minimum absolute atomic E-state index is 0.276. The molecule has 0 aromatic rings. The Balaban J connectivity index is 1.91. The Kier molecular flexibility index (Phi) is 4.57. The maximum absolute atomic E-state index is 13.5. The molecule has 6 atom stereocenters. The highest BCUT2D eigenvalue weighted by molar-refractivity contribution is 8.01. The number of carbonyl (C=O) groups is 2. The van der Waals surface area contributed by atoms with Gasteiger partial charge in [-0.3, -0.25) is 4.79 Å². The van der Waals surface area contributed by atoms with Crippen molar-refractivity contribution in [2.24, 2.45) is 11.8 Å². The van der Waals surface area contributed by atoms with Gasteiger partial charge in [-0.25, -0.2) is 13.2 Å². The molecule has 0 aromatic carbocycles. The molecular formula is C14H17F2O8S2-. The van der Waals surface area contributed by atoms with Crippen molar-refractivity contribution in [2.75, 3.05) is 0 Å². The van der Waals surface area contributed by atoms with E-state index in [9.17, 15) is 36.4 Å². The van der Waals surface area contributed by atoms with Gasteiger partial charge in [0, 0.05) is 5.92 Å². The largest absolute Gasteiger partial charge is 0.743 e. The van der Waals surface area contributed by atoms with Crippen molar-refractivity contribution in [3.63, 3.8) is 0 Å². The van der Waals surface area contributed by atoms with Crippen LogP contribution in [-0.2, 0) is 29.2 Å². The molecule has 0 radical (unpaired) electrons. The third kappa shape index (κ3) is 2.56. The van der Waals surface area contributed by atoms with E-state index in [1.54, 1.807) is 13.8 Å². The van der Waals surface area contributed by atoms with Gasteiger partial charge in [0.15, 0.2) is 22.3 Å². The average Bonchev–Trinajstić information content (AvgIpc) is 3.16. The summed E-state index contributed by atoms with van der Waals surface area (Å²) in [4.78, 5) is 23.8. The van der Waals surface area contributed by atoms with Crippen molar-refractivity contribution in [1.29, 1.82) is 0 Å². The van der Waals surface area contributed by atoms with E-state index in [0.717, 1.165) is 0 Å². The van der Waals surface area contributed by atoms with Gasteiger partial charge in [-0.2, -0.15) is 8.78 Å². The number of esters is 2. The Morgan fingerprint density at radius 2 is 1.92 bits per heavy atom. The highest BCUT2D eigenvalue weighted by atomic mass is 32.2. The van der Waals surface area contributed by atoms with Crippen molar-refractivity contribution in [3.05, 3.63) is 0 Å². The maximum Gasteiger partial charge on any atom is 0.428 e. The number of aliphatic hydroxyl groups is 1. The van der Waals surface area contributed by atoms with Crippen LogP contribution in [0.2, 0.25) is 0 Å². The summed E-state index contributed by atoms with van der Waals surface area (Å²) >= 11 is 1.19. The molecule has 0 amide bonds. The molecule has 8 nitrogen and oxygen atoms in total. The minimum Gasteiger partial charge on any atom is -0.743 e. The summed E-state index contributed by atoms with van der Waals surface area (Å²) in [5.41, 5.74) is -1.30. The first-order chi connectivity index (χ1) is 11.9. The molecule has 0 aromatic heterocycles. The molecule has 148 valence electrons. The number of fused-ring (bicyclic) bond motifs is 1. The third-order valence-corrected chi connectivity index (χ3v) is 8.09. The van der Waals surface area contributed by atoms with Gasteiger partial charge in [-0.1, -0.05) is 13.8 Å². The van der Waals surface area contributed by atoms with E-state index >= 15 is 0 Å². The summed E-state index contributed by atoms with van der Waals surface area (Å²) in [6.07, 6.45) is -1.82. The van der Waals surface area contributed by atoms with Crippen molar-refractivity contribution in [1.82, 2.24) is 0 Å². The van der Waals surface area contributed by atoms with E-state index in [1.807, 2.05) is 0 Å². The SMILES string of the molecule is CCC(O)(CC)C1C2SC3C(OC(=O)C31)C2OC(=O)C(F)(F)S(=O)(=O)[O-]. The summed E-state index contributed by atoms with van der Waals surface area (Å²) in [6, 6.07) is 0. The molecule has 2 bridgehead atoms. The fraction of sp³-hybridized carbons (Fsp3) is 0.857. The second kappa shape index (κ2) is 6.01. The molecule has 6 unspecified atom stereocenters. The second-order valence-corrected chi connectivity index (χ2v) is 9.45. The van der Waals surface area contributed by atoms with E-state index in [2.05, 4.69) is 4.74 Å². The number of alkyl halides is 2. The third-order valence-electron chi connectivity index (χ3n) is 5.54. The van der Waals surface area contributed by atoms with Crippen LogP contribution in [0.25, 0.3) is 0 Å². The fourth-order valence-corrected chi connectivity index (χ4v) is 6.50. The van der Waals surface area contributed by atoms with E-state index in [-0.39, 0.29) is 12.8 Å². The maximum atomic E-state index is 13.5. The van der Waals surface area contributed by atoms with Gasteiger partial charge < -0.3 is 19.1 Å². The lowest BCUT2D eigenvalue weighted by Gasteiger charge is -2.40. The first kappa shape index (κ1) is 19.8. The second-order valence-electron chi connectivity index (χ2n) is 6.67. The van der Waals surface area contributed by atoms with Crippen LogP contribution in [0, 0.1) is 11.8 Å². The van der Waals surface area contributed by atoms with Crippen molar-refractivity contribution >= 4 is 33.8 Å². The van der Waals surface area contributed by atoms with E-state index in [4.69, 9.17) is 4.74 Å². The first-order valence-corrected chi connectivity index (χ1v) is 10.4. The normalized spacial score (nSPS) is 36.3. The number of thioether (sulfide) groups is 1. The lowest BCUT2D eigenvalue weighted by molar-refractivity contribution is -0.176. The lowest BCUT2D eigenvalue weighted by Crippen LogP contribution is -2.55. The molecule has 0 aliphatic carbocycles. The molecule has 3 rings (SSSR count). The van der Waals surface area contributed by atoms with Crippen LogP contribution in [0.15, 0.2) is 0 Å². The molecular weight excluding hydrogens is 398 g/mol. The Labute approximate surface area is 152 Å². The van der Waals surface area contributed by atoms with E-state index < -0.39 is 67.5 Å². The monoisotopic (exact) mass is 415 g/mol. The van der Waals surface area contributed by atoms with Crippen LogP contribution in [0.5, 0.6) is 0 Å². The number of carbonyl (C=O) groups excluding carboxylic acids is 2. The van der Waals surface area contributed by atoms with Crippen LogP contribution in [0.4, 0.5) is 8.78 Å². The Morgan fingerprint density at radius 3 is 2.42 bits per heavy atom. The number of ether oxygens (including phenoxy) is 2. The zero-order valence-corrected chi connectivity index (χ0v) is 15.4. The lowest BCUT2D eigenvalue weighted by atomic mass is 9.67. The molecule has 0 spiro atoms. The van der Waals surface area contributed by atoms with Gasteiger partial charge in [-0.15, -0.1) is 11.8 Å². The van der Waals surface area contributed by atoms with Gasteiger partial charge in [0.25, 0.3) is 0 Å². The molecule has 3 fully saturated rings. The summed E-state index contributed by atoms with van der Waals surface area (Å²) in [7, 11) is -6.25. The van der Waals surface area contributed by atoms with E-state index in [1.165, 1.54) is 11.8 Å². The summed E-state index contributed by atoms with van der Waals surface area (Å²) in [5.74, 6) is -4.46. The van der Waals surface area contributed by atoms with Crippen LogP contribution >= 0.6 is 11.8 Å². The molecule has 3 aliphatic rings. The van der Waals surface area contributed by atoms with Crippen LogP contribution < -0.4 is 0 Å². The zero-order valence-electron chi connectivity index (χ0n) is 13.8. The van der Waals surface area contributed by atoms with Crippen molar-refractivity contribution in [3.8, 4) is 0 Å². The Morgan fingerprint density at radius 1 is 1.35 bits per heavy atom. The van der Waals surface area contributed by atoms with Gasteiger partial charge in [0.1, 0.15) is 0 Å². The van der Waals surface area contributed by atoms with Gasteiger partial charge >= 0.3 is 17.2 Å². The quantitative estimate of drug-likeness (QED) is 0.479. The molecule has 0 saturated carbocycles. The summed E-state index contributed by atoms with van der Waals surface area (Å²) in [6.45, 7) is 3.41. The summed E-state index contributed by atoms with van der Waals surface area (Å²) < 4.78 is 68.6. The predicted octanol–water partition coefficient (Wildman–Crippen LogP) is 0.243. The number of rotatable bonds is 6. The first-order valence-electron chi connectivity index (χ1n) is 8.01. The van der Waals surface area contributed by atoms with Crippen LogP contribution in [0.3, 0.4) is 0 Å². The molecule has 3 heterocycles. The predicted molar refractivity (Wildman–Crippen MR) is 82.1 cm³/mol.